The van der Waals surface area contributed by atoms with E-state index in [2.05, 4.69) is 29.5 Å². The quantitative estimate of drug-likeness (QED) is 0.771. The Morgan fingerprint density at radius 2 is 2.25 bits per heavy atom. The normalized spacial score (nSPS) is 21.8. The summed E-state index contributed by atoms with van der Waals surface area (Å²) < 4.78 is 3.00. The molecule has 3 nitrogen and oxygen atoms in total. The van der Waals surface area contributed by atoms with Crippen LogP contribution in [0.15, 0.2) is 18.2 Å². The predicted octanol–water partition coefficient (Wildman–Crippen LogP) is 4.71. The lowest BCUT2D eigenvalue weighted by molar-refractivity contribution is 0.185. The van der Waals surface area contributed by atoms with Gasteiger partial charge in [0, 0.05) is 6.04 Å². The molecular weight excluding hydrogens is 266 g/mol. The first-order chi connectivity index (χ1) is 9.50. The molecule has 1 aromatic carbocycles. The van der Waals surface area contributed by atoms with Gasteiger partial charge in [0.25, 0.3) is 0 Å². The molecule has 1 fully saturated rings. The summed E-state index contributed by atoms with van der Waals surface area (Å²) in [5.41, 5.74) is 3.15. The molecule has 1 unspecified atom stereocenters. The Bertz CT molecular complexity index is 745. The summed E-state index contributed by atoms with van der Waals surface area (Å²) in [6.45, 7) is 4.66. The highest BCUT2D eigenvalue weighted by Crippen LogP contribution is 2.42. The van der Waals surface area contributed by atoms with Crippen LogP contribution < -0.4 is 0 Å². The van der Waals surface area contributed by atoms with E-state index in [0.717, 1.165) is 22.2 Å². The summed E-state index contributed by atoms with van der Waals surface area (Å²) in [7, 11) is 0. The number of rotatable bonds is 1. The Morgan fingerprint density at radius 1 is 1.45 bits per heavy atom. The number of hydrogen-bond donors (Lipinski definition) is 1. The molecule has 0 saturated heterocycles. The van der Waals surface area contributed by atoms with Crippen LogP contribution in [0.4, 0.5) is 0 Å². The maximum absolute atomic E-state index is 9.09. The van der Waals surface area contributed by atoms with Crippen LogP contribution in [-0.4, -0.2) is 9.55 Å². The molecule has 104 valence electrons. The van der Waals surface area contributed by atoms with Gasteiger partial charge in [0.15, 0.2) is 4.77 Å². The van der Waals surface area contributed by atoms with E-state index in [9.17, 15) is 0 Å². The molecule has 1 heterocycles. The molecule has 1 atom stereocenters. The van der Waals surface area contributed by atoms with Crippen LogP contribution in [0.3, 0.4) is 0 Å². The third-order valence-corrected chi connectivity index (χ3v) is 4.69. The zero-order chi connectivity index (χ0) is 14.3. The molecular formula is C16H19N3S. The van der Waals surface area contributed by atoms with Crippen molar-refractivity contribution < 1.29 is 0 Å². The first kappa shape index (κ1) is 13.4. The van der Waals surface area contributed by atoms with Crippen molar-refractivity contribution in [2.24, 2.45) is 5.41 Å². The molecule has 2 aromatic rings. The largest absolute Gasteiger partial charge is 0.331 e. The summed E-state index contributed by atoms with van der Waals surface area (Å²) in [5.74, 6) is 0. The molecule has 0 spiro atoms. The van der Waals surface area contributed by atoms with Crippen LogP contribution >= 0.6 is 12.2 Å². The van der Waals surface area contributed by atoms with Crippen LogP contribution in [0.5, 0.6) is 0 Å². The monoisotopic (exact) mass is 285 g/mol. The van der Waals surface area contributed by atoms with Crippen molar-refractivity contribution in [1.82, 2.24) is 9.55 Å². The van der Waals surface area contributed by atoms with Crippen LogP contribution in [-0.2, 0) is 0 Å². The Hall–Kier alpha value is -1.60. The maximum Gasteiger partial charge on any atom is 0.178 e. The Labute approximate surface area is 124 Å². The van der Waals surface area contributed by atoms with Crippen molar-refractivity contribution in [2.45, 2.75) is 45.6 Å². The zero-order valence-electron chi connectivity index (χ0n) is 11.9. The fraction of sp³-hybridized carbons (Fsp3) is 0.500. The number of nitrogens with zero attached hydrogens (tertiary/aromatic N) is 2. The summed E-state index contributed by atoms with van der Waals surface area (Å²) in [4.78, 5) is 3.27. The van der Waals surface area contributed by atoms with Gasteiger partial charge in [-0.3, -0.25) is 0 Å². The summed E-state index contributed by atoms with van der Waals surface area (Å²) in [6.07, 6.45) is 4.83. The molecule has 0 aliphatic heterocycles. The van der Waals surface area contributed by atoms with Crippen molar-refractivity contribution >= 4 is 23.3 Å². The van der Waals surface area contributed by atoms with E-state index in [4.69, 9.17) is 17.5 Å². The third-order valence-electron chi connectivity index (χ3n) is 4.39. The van der Waals surface area contributed by atoms with E-state index in [1.807, 2.05) is 18.2 Å². The number of hydrogen-bond acceptors (Lipinski definition) is 2. The topological polar surface area (TPSA) is 44.5 Å². The lowest BCUT2D eigenvalue weighted by Crippen LogP contribution is -2.25. The second kappa shape index (κ2) is 4.75. The maximum atomic E-state index is 9.09. The highest BCUT2D eigenvalue weighted by atomic mass is 32.1. The smallest absolute Gasteiger partial charge is 0.178 e. The van der Waals surface area contributed by atoms with Crippen molar-refractivity contribution in [1.29, 1.82) is 5.26 Å². The number of H-pyrrole nitrogens is 1. The van der Waals surface area contributed by atoms with E-state index in [-0.39, 0.29) is 0 Å². The standard InChI is InChI=1S/C16H19N3S/c1-16(2)7-3-4-12(9-16)19-14-8-11(10-17)5-6-13(14)18-15(19)20/h5-6,8,12H,3-4,7,9H2,1-2H3,(H,18,20). The van der Waals surface area contributed by atoms with E-state index in [1.165, 1.54) is 19.3 Å². The fourth-order valence-corrected chi connectivity index (χ4v) is 3.79. The SMILES string of the molecule is CC1(C)CCCC(n2c(=S)[nH]c3ccc(C#N)cc32)C1. The van der Waals surface area contributed by atoms with Crippen LogP contribution in [0.2, 0.25) is 0 Å². The molecule has 4 heteroatoms. The van der Waals surface area contributed by atoms with Crippen molar-refractivity contribution in [3.8, 4) is 6.07 Å². The zero-order valence-corrected chi connectivity index (χ0v) is 12.8. The Balaban J connectivity index is 2.13. The first-order valence-corrected chi connectivity index (χ1v) is 7.55. The number of nitrogens with one attached hydrogen (secondary N) is 1. The summed E-state index contributed by atoms with van der Waals surface area (Å²) in [5, 5.41) is 9.09. The molecule has 0 amide bonds. The minimum Gasteiger partial charge on any atom is -0.331 e. The first-order valence-electron chi connectivity index (χ1n) is 7.14. The predicted molar refractivity (Wildman–Crippen MR) is 83.1 cm³/mol. The third kappa shape index (κ3) is 2.27. The van der Waals surface area contributed by atoms with E-state index in [0.29, 0.717) is 17.0 Å². The molecule has 1 N–H and O–H groups in total. The van der Waals surface area contributed by atoms with Crippen molar-refractivity contribution in [3.05, 3.63) is 28.5 Å². The number of aromatic nitrogens is 2. The molecule has 1 aliphatic rings. The van der Waals surface area contributed by atoms with Gasteiger partial charge >= 0.3 is 0 Å². The van der Waals surface area contributed by atoms with Crippen LogP contribution in [0.25, 0.3) is 11.0 Å². The average Bonchev–Trinajstić information content (AvgIpc) is 2.72. The van der Waals surface area contributed by atoms with Gasteiger partial charge in [0.1, 0.15) is 0 Å². The van der Waals surface area contributed by atoms with E-state index < -0.39 is 0 Å². The Kier molecular flexibility index (Phi) is 3.18. The lowest BCUT2D eigenvalue weighted by atomic mass is 9.75. The molecule has 3 rings (SSSR count). The van der Waals surface area contributed by atoms with Gasteiger partial charge in [-0.1, -0.05) is 20.3 Å². The van der Waals surface area contributed by atoms with Crippen LogP contribution in [0, 0.1) is 21.5 Å². The van der Waals surface area contributed by atoms with Gasteiger partial charge in [0.2, 0.25) is 0 Å². The number of fused-ring (bicyclic) bond motifs is 1. The fourth-order valence-electron chi connectivity index (χ4n) is 3.43. The number of benzene rings is 1. The molecule has 1 aromatic heterocycles. The van der Waals surface area contributed by atoms with Gasteiger partial charge in [-0.05, 0) is 55.1 Å². The lowest BCUT2D eigenvalue weighted by Gasteiger charge is -2.36. The average molecular weight is 285 g/mol. The molecule has 0 radical (unpaired) electrons. The number of imidazole rings is 1. The van der Waals surface area contributed by atoms with Gasteiger partial charge < -0.3 is 9.55 Å². The molecule has 1 aliphatic carbocycles. The second-order valence-electron chi connectivity index (χ2n) is 6.56. The molecule has 0 bridgehead atoms. The van der Waals surface area contributed by atoms with Crippen LogP contribution in [0.1, 0.15) is 51.1 Å². The highest BCUT2D eigenvalue weighted by molar-refractivity contribution is 7.71. The van der Waals surface area contributed by atoms with Gasteiger partial charge in [-0.2, -0.15) is 5.26 Å². The minimum absolute atomic E-state index is 0.369. The second-order valence-corrected chi connectivity index (χ2v) is 6.94. The summed E-state index contributed by atoms with van der Waals surface area (Å²) >= 11 is 5.51. The Morgan fingerprint density at radius 3 is 2.95 bits per heavy atom. The number of aromatic amines is 1. The van der Waals surface area contributed by atoms with Crippen molar-refractivity contribution in [2.75, 3.05) is 0 Å². The summed E-state index contributed by atoms with van der Waals surface area (Å²) in [6, 6.07) is 8.39. The molecule has 20 heavy (non-hydrogen) atoms. The van der Waals surface area contributed by atoms with E-state index >= 15 is 0 Å². The molecule has 1 saturated carbocycles. The highest BCUT2D eigenvalue weighted by Gasteiger charge is 2.30. The van der Waals surface area contributed by atoms with E-state index in [1.54, 1.807) is 0 Å². The van der Waals surface area contributed by atoms with Gasteiger partial charge in [-0.25, -0.2) is 0 Å². The van der Waals surface area contributed by atoms with Gasteiger partial charge in [0.05, 0.1) is 22.7 Å². The van der Waals surface area contributed by atoms with Gasteiger partial charge in [-0.15, -0.1) is 0 Å². The van der Waals surface area contributed by atoms with Crippen molar-refractivity contribution in [3.63, 3.8) is 0 Å². The minimum atomic E-state index is 0.369. The number of nitriles is 1.